The predicted molar refractivity (Wildman–Crippen MR) is 125 cm³/mol. The van der Waals surface area contributed by atoms with Gasteiger partial charge in [-0.25, -0.2) is 9.98 Å². The summed E-state index contributed by atoms with van der Waals surface area (Å²) >= 11 is 0. The Kier molecular flexibility index (Phi) is 5.11. The average molecular weight is 418 g/mol. The van der Waals surface area contributed by atoms with Gasteiger partial charge in [0.1, 0.15) is 17.1 Å². The Bertz CT molecular complexity index is 1170. The van der Waals surface area contributed by atoms with Crippen molar-refractivity contribution in [2.45, 2.75) is 12.8 Å². The molecule has 0 saturated carbocycles. The quantitative estimate of drug-likeness (QED) is 0.674. The molecular weight excluding hydrogens is 390 g/mol. The first-order valence-corrected chi connectivity index (χ1v) is 10.7. The van der Waals surface area contributed by atoms with Crippen LogP contribution >= 0.6 is 0 Å². The highest BCUT2D eigenvalue weighted by molar-refractivity contribution is 5.92. The normalized spacial score (nSPS) is 17.5. The van der Waals surface area contributed by atoms with Crippen molar-refractivity contribution in [2.24, 2.45) is 4.99 Å². The maximum atomic E-state index is 10.6. The molecule has 7 heteroatoms. The minimum Gasteiger partial charge on any atom is -0.507 e. The zero-order valence-electron chi connectivity index (χ0n) is 17.9. The second-order valence-corrected chi connectivity index (χ2v) is 8.12. The van der Waals surface area contributed by atoms with Gasteiger partial charge >= 0.3 is 0 Å². The largest absolute Gasteiger partial charge is 0.507 e. The Morgan fingerprint density at radius 2 is 1.94 bits per heavy atom. The molecule has 5 rings (SSSR count). The number of nitrogens with zero attached hydrogens (tertiary/aromatic N) is 4. The number of anilines is 1. The van der Waals surface area contributed by atoms with Gasteiger partial charge in [-0.05, 0) is 49.7 Å². The van der Waals surface area contributed by atoms with Crippen molar-refractivity contribution < 1.29 is 9.84 Å². The molecule has 31 heavy (non-hydrogen) atoms. The summed E-state index contributed by atoms with van der Waals surface area (Å²) in [5.74, 6) is 1.49. The molecule has 0 amide bonds. The van der Waals surface area contributed by atoms with Crippen molar-refractivity contribution in [3.05, 3.63) is 47.8 Å². The van der Waals surface area contributed by atoms with Crippen LogP contribution in [0.15, 0.2) is 47.3 Å². The Labute approximate surface area is 181 Å². The standard InChI is InChI=1S/C24H27N5O2/c1-28-11-13-29(14-12-28)20-7-3-6-19-22(20)27-23(26-19)18-15-16(8-9-21(18)30)17-5-4-10-25-24(17)31-2/h3,6-10,15,30H,4-5,11-14H2,1-2H3,(H,26,27). The molecule has 0 aliphatic carbocycles. The zero-order valence-corrected chi connectivity index (χ0v) is 17.9. The van der Waals surface area contributed by atoms with Crippen molar-refractivity contribution in [1.82, 2.24) is 14.9 Å². The number of aromatic amines is 1. The van der Waals surface area contributed by atoms with Gasteiger partial charge in [-0.2, -0.15) is 0 Å². The number of aromatic hydroxyl groups is 1. The number of rotatable bonds is 4. The van der Waals surface area contributed by atoms with E-state index in [1.54, 1.807) is 13.2 Å². The fraction of sp³-hybridized carbons (Fsp3) is 0.333. The van der Waals surface area contributed by atoms with Gasteiger partial charge in [0.2, 0.25) is 5.88 Å². The van der Waals surface area contributed by atoms with Gasteiger partial charge in [-0.3, -0.25) is 0 Å². The van der Waals surface area contributed by atoms with E-state index >= 15 is 0 Å². The summed E-state index contributed by atoms with van der Waals surface area (Å²) in [5.41, 5.74) is 5.74. The topological polar surface area (TPSA) is 77.0 Å². The number of nitrogens with one attached hydrogen (secondary N) is 1. The van der Waals surface area contributed by atoms with Crippen molar-refractivity contribution in [1.29, 1.82) is 0 Å². The van der Waals surface area contributed by atoms with Gasteiger partial charge in [-0.15, -0.1) is 0 Å². The second kappa shape index (κ2) is 8.07. The molecule has 0 spiro atoms. The van der Waals surface area contributed by atoms with Crippen LogP contribution in [0.2, 0.25) is 0 Å². The fourth-order valence-corrected chi connectivity index (χ4v) is 4.35. The molecule has 7 nitrogen and oxygen atoms in total. The van der Waals surface area contributed by atoms with E-state index in [0.717, 1.165) is 66.9 Å². The van der Waals surface area contributed by atoms with Crippen LogP contribution in [0.4, 0.5) is 5.69 Å². The van der Waals surface area contributed by atoms with Crippen LogP contribution in [0, 0.1) is 0 Å². The first-order valence-electron chi connectivity index (χ1n) is 10.7. The molecule has 2 aliphatic rings. The highest BCUT2D eigenvalue weighted by atomic mass is 16.5. The molecule has 0 radical (unpaired) electrons. The summed E-state index contributed by atoms with van der Waals surface area (Å²) < 4.78 is 5.46. The monoisotopic (exact) mass is 417 g/mol. The molecule has 1 aromatic heterocycles. The number of H-pyrrole nitrogens is 1. The number of hydrogen-bond donors (Lipinski definition) is 2. The van der Waals surface area contributed by atoms with E-state index in [1.807, 2.05) is 24.4 Å². The van der Waals surface area contributed by atoms with E-state index in [-0.39, 0.29) is 5.75 Å². The Morgan fingerprint density at radius 1 is 1.10 bits per heavy atom. The molecule has 2 N–H and O–H groups in total. The molecule has 2 aliphatic heterocycles. The molecule has 0 unspecified atom stereocenters. The number of hydrogen-bond acceptors (Lipinski definition) is 6. The molecule has 160 valence electrons. The Balaban J connectivity index is 1.56. The number of piperazine rings is 1. The number of phenols is 1. The lowest BCUT2D eigenvalue weighted by atomic mass is 9.98. The number of ether oxygens (including phenoxy) is 1. The number of aromatic nitrogens is 2. The first-order chi connectivity index (χ1) is 15.1. The summed E-state index contributed by atoms with van der Waals surface area (Å²) in [4.78, 5) is 17.4. The van der Waals surface area contributed by atoms with Crippen LogP contribution in [0.25, 0.3) is 28.0 Å². The van der Waals surface area contributed by atoms with Gasteiger partial charge in [0.05, 0.1) is 23.9 Å². The van der Waals surface area contributed by atoms with Gasteiger partial charge in [0.15, 0.2) is 0 Å². The third-order valence-corrected chi connectivity index (χ3v) is 6.12. The second-order valence-electron chi connectivity index (χ2n) is 8.12. The maximum absolute atomic E-state index is 10.6. The van der Waals surface area contributed by atoms with Crippen molar-refractivity contribution in [3.8, 4) is 17.1 Å². The zero-order chi connectivity index (χ0) is 21.4. The lowest BCUT2D eigenvalue weighted by molar-refractivity contribution is 0.289. The van der Waals surface area contributed by atoms with Crippen LogP contribution in [-0.2, 0) is 4.74 Å². The molecule has 1 fully saturated rings. The number of imidazole rings is 1. The number of para-hydroxylation sites is 1. The minimum atomic E-state index is 0.197. The highest BCUT2D eigenvalue weighted by Crippen LogP contribution is 2.36. The summed E-state index contributed by atoms with van der Waals surface area (Å²) in [6.45, 7) is 4.03. The van der Waals surface area contributed by atoms with Crippen molar-refractivity contribution >= 4 is 28.5 Å². The van der Waals surface area contributed by atoms with Crippen LogP contribution in [0.3, 0.4) is 0 Å². The van der Waals surface area contributed by atoms with Gasteiger partial charge in [0, 0.05) is 38.0 Å². The van der Waals surface area contributed by atoms with E-state index in [4.69, 9.17) is 9.72 Å². The highest BCUT2D eigenvalue weighted by Gasteiger charge is 2.20. The SMILES string of the molecule is COC1=C(c2ccc(O)c(-c3nc4c(N5CCN(C)CC5)cccc4[nH]3)c2)CCC=N1. The van der Waals surface area contributed by atoms with Gasteiger partial charge < -0.3 is 24.6 Å². The van der Waals surface area contributed by atoms with Crippen molar-refractivity contribution in [2.75, 3.05) is 45.2 Å². The van der Waals surface area contributed by atoms with Crippen LogP contribution < -0.4 is 4.90 Å². The van der Waals surface area contributed by atoms with E-state index in [1.165, 1.54) is 0 Å². The van der Waals surface area contributed by atoms with Gasteiger partial charge in [-0.1, -0.05) is 12.1 Å². The van der Waals surface area contributed by atoms with E-state index < -0.39 is 0 Å². The Morgan fingerprint density at radius 3 is 2.74 bits per heavy atom. The molecule has 3 heterocycles. The van der Waals surface area contributed by atoms with E-state index in [2.05, 4.69) is 39.0 Å². The molecular formula is C24H27N5O2. The summed E-state index contributed by atoms with van der Waals surface area (Å²) in [6, 6.07) is 11.8. The smallest absolute Gasteiger partial charge is 0.216 e. The molecule has 1 saturated heterocycles. The number of likely N-dealkylation sites (N-methyl/N-ethyl adjacent to an activating group) is 1. The third kappa shape index (κ3) is 3.65. The minimum absolute atomic E-state index is 0.197. The summed E-state index contributed by atoms with van der Waals surface area (Å²) in [5, 5.41) is 10.6. The fourth-order valence-electron chi connectivity index (χ4n) is 4.35. The molecule has 0 atom stereocenters. The first kappa shape index (κ1) is 19.6. The van der Waals surface area contributed by atoms with Crippen LogP contribution in [0.5, 0.6) is 5.75 Å². The van der Waals surface area contributed by atoms with E-state index in [9.17, 15) is 5.11 Å². The number of aliphatic imine (C=N–C) groups is 1. The third-order valence-electron chi connectivity index (χ3n) is 6.12. The van der Waals surface area contributed by atoms with Crippen LogP contribution in [0.1, 0.15) is 18.4 Å². The number of methoxy groups -OCH3 is 1. The molecule has 2 aromatic carbocycles. The lowest BCUT2D eigenvalue weighted by Crippen LogP contribution is -2.44. The Hall–Kier alpha value is -3.32. The number of benzene rings is 2. The van der Waals surface area contributed by atoms with E-state index in [0.29, 0.717) is 17.3 Å². The predicted octanol–water partition coefficient (Wildman–Crippen LogP) is 3.87. The summed E-state index contributed by atoms with van der Waals surface area (Å²) in [7, 11) is 3.79. The summed E-state index contributed by atoms with van der Waals surface area (Å²) in [6.07, 6.45) is 3.60. The molecule has 0 bridgehead atoms. The average Bonchev–Trinajstić information content (AvgIpc) is 3.24. The molecule has 3 aromatic rings. The van der Waals surface area contributed by atoms with Gasteiger partial charge in [0.25, 0.3) is 0 Å². The van der Waals surface area contributed by atoms with Crippen molar-refractivity contribution in [3.63, 3.8) is 0 Å². The maximum Gasteiger partial charge on any atom is 0.216 e. The van der Waals surface area contributed by atoms with Crippen LogP contribution in [-0.4, -0.2) is 66.5 Å². The lowest BCUT2D eigenvalue weighted by Gasteiger charge is -2.34. The number of phenolic OH excluding ortho intramolecular Hbond substituents is 1. The number of fused-ring (bicyclic) bond motifs is 1. The number of allylic oxidation sites excluding steroid dienone is 1.